The van der Waals surface area contributed by atoms with Crippen molar-refractivity contribution in [1.82, 2.24) is 0 Å². The van der Waals surface area contributed by atoms with Gasteiger partial charge in [0.2, 0.25) is 0 Å². The number of benzene rings is 3. The summed E-state index contributed by atoms with van der Waals surface area (Å²) in [6.45, 7) is 1.40. The number of rotatable bonds is 6. The molecule has 0 amide bonds. The molecule has 1 N–H and O–H groups in total. The molecule has 0 bridgehead atoms. The Hall–Kier alpha value is -2.96. The smallest absolute Gasteiger partial charge is 0.261 e. The van der Waals surface area contributed by atoms with Crippen LogP contribution in [0.4, 0.5) is 5.69 Å². The van der Waals surface area contributed by atoms with Gasteiger partial charge in [-0.1, -0.05) is 54.1 Å². The number of anilines is 1. The average Bonchev–Trinajstić information content (AvgIpc) is 2.69. The van der Waals surface area contributed by atoms with Crippen LogP contribution in [0.25, 0.3) is 0 Å². The van der Waals surface area contributed by atoms with Crippen LogP contribution in [-0.2, 0) is 10.0 Å². The predicted molar refractivity (Wildman–Crippen MR) is 109 cm³/mol. The Morgan fingerprint density at radius 1 is 0.857 bits per heavy atom. The van der Waals surface area contributed by atoms with Crippen LogP contribution in [0.1, 0.15) is 33.2 Å². The van der Waals surface area contributed by atoms with Crippen molar-refractivity contribution in [1.29, 1.82) is 0 Å². The van der Waals surface area contributed by atoms with Crippen molar-refractivity contribution >= 4 is 38.9 Å². The molecule has 0 aromatic heterocycles. The molecule has 5 nitrogen and oxygen atoms in total. The van der Waals surface area contributed by atoms with E-state index in [9.17, 15) is 18.0 Å². The number of hydrogen-bond acceptors (Lipinski definition) is 4. The summed E-state index contributed by atoms with van der Waals surface area (Å²) < 4.78 is 27.9. The highest BCUT2D eigenvalue weighted by atomic mass is 35.5. The predicted octanol–water partition coefficient (Wildman–Crippen LogP) is 4.57. The van der Waals surface area contributed by atoms with Crippen molar-refractivity contribution in [3.05, 3.63) is 94.5 Å². The van der Waals surface area contributed by atoms with Crippen molar-refractivity contribution in [3.8, 4) is 0 Å². The summed E-state index contributed by atoms with van der Waals surface area (Å²) in [6, 6.07) is 18.4. The first-order valence-corrected chi connectivity index (χ1v) is 10.2. The van der Waals surface area contributed by atoms with Crippen LogP contribution in [-0.4, -0.2) is 20.0 Å². The number of Topliss-reactive ketones (excluding diaryl/α,β-unsaturated/α-hetero) is 1. The maximum atomic E-state index is 12.8. The van der Waals surface area contributed by atoms with Gasteiger partial charge in [-0.05, 0) is 37.3 Å². The zero-order valence-electron chi connectivity index (χ0n) is 14.8. The fraction of sp³-hybridized carbons (Fsp3) is 0.0476. The molecule has 0 fully saturated rings. The van der Waals surface area contributed by atoms with Gasteiger partial charge in [0.05, 0.1) is 10.6 Å². The lowest BCUT2D eigenvalue weighted by atomic mass is 10.0. The van der Waals surface area contributed by atoms with E-state index in [1.54, 1.807) is 30.3 Å². The average molecular weight is 414 g/mol. The number of carbonyl (C=O) groups excluding carboxylic acids is 2. The molecule has 3 aromatic carbocycles. The van der Waals surface area contributed by atoms with E-state index in [-0.39, 0.29) is 27.7 Å². The summed E-state index contributed by atoms with van der Waals surface area (Å²) in [5.74, 6) is -0.516. The second-order valence-electron chi connectivity index (χ2n) is 6.07. The van der Waals surface area contributed by atoms with E-state index in [2.05, 4.69) is 4.72 Å². The monoisotopic (exact) mass is 413 g/mol. The van der Waals surface area contributed by atoms with E-state index in [1.165, 1.54) is 49.4 Å². The second-order valence-corrected chi connectivity index (χ2v) is 8.19. The molecule has 3 rings (SSSR count). The van der Waals surface area contributed by atoms with Gasteiger partial charge in [-0.3, -0.25) is 14.3 Å². The van der Waals surface area contributed by atoms with E-state index in [0.717, 1.165) is 0 Å². The van der Waals surface area contributed by atoms with Gasteiger partial charge in [0, 0.05) is 21.7 Å². The van der Waals surface area contributed by atoms with E-state index < -0.39 is 10.0 Å². The number of carbonyl (C=O) groups is 2. The maximum Gasteiger partial charge on any atom is 0.261 e. The number of hydrogen-bond donors (Lipinski definition) is 1. The van der Waals surface area contributed by atoms with Crippen LogP contribution in [0.2, 0.25) is 5.02 Å². The Kier molecular flexibility index (Phi) is 5.63. The molecule has 0 unspecified atom stereocenters. The van der Waals surface area contributed by atoms with Gasteiger partial charge >= 0.3 is 0 Å². The van der Waals surface area contributed by atoms with Crippen LogP contribution in [0, 0.1) is 0 Å². The molecule has 0 radical (unpaired) electrons. The van der Waals surface area contributed by atoms with Crippen molar-refractivity contribution in [2.45, 2.75) is 11.8 Å². The topological polar surface area (TPSA) is 80.3 Å². The van der Waals surface area contributed by atoms with Crippen LogP contribution in [0.15, 0.2) is 77.7 Å². The van der Waals surface area contributed by atoms with E-state index in [0.29, 0.717) is 16.1 Å². The second kappa shape index (κ2) is 7.96. The fourth-order valence-electron chi connectivity index (χ4n) is 2.61. The highest BCUT2D eigenvalue weighted by Gasteiger charge is 2.20. The van der Waals surface area contributed by atoms with E-state index >= 15 is 0 Å². The van der Waals surface area contributed by atoms with Gasteiger partial charge in [-0.2, -0.15) is 0 Å². The lowest BCUT2D eigenvalue weighted by Crippen LogP contribution is -2.16. The lowest BCUT2D eigenvalue weighted by Gasteiger charge is -2.13. The Bertz CT molecular complexity index is 1140. The van der Waals surface area contributed by atoms with Crippen molar-refractivity contribution in [3.63, 3.8) is 0 Å². The van der Waals surface area contributed by atoms with Gasteiger partial charge in [0.25, 0.3) is 10.0 Å². The maximum absolute atomic E-state index is 12.8. The standard InChI is InChI=1S/C21H16ClNO4S/c1-14(24)15-7-10-18(11-8-15)28(26,27)23-20-12-9-17(22)13-19(20)21(25)16-5-3-2-4-6-16/h2-13,23H,1H3. The summed E-state index contributed by atoms with van der Waals surface area (Å²) in [5, 5.41) is 0.313. The Balaban J connectivity index is 1.98. The molecule has 0 aliphatic heterocycles. The quantitative estimate of drug-likeness (QED) is 0.600. The third-order valence-electron chi connectivity index (χ3n) is 4.08. The van der Waals surface area contributed by atoms with Gasteiger partial charge in [0.15, 0.2) is 11.6 Å². The zero-order chi connectivity index (χ0) is 20.3. The number of ketones is 2. The van der Waals surface area contributed by atoms with Crippen LogP contribution in [0.5, 0.6) is 0 Å². The summed E-state index contributed by atoms with van der Waals surface area (Å²) >= 11 is 6.02. The molecule has 3 aromatic rings. The molecule has 0 aliphatic rings. The number of sulfonamides is 1. The molecule has 0 spiro atoms. The van der Waals surface area contributed by atoms with E-state index in [4.69, 9.17) is 11.6 Å². The summed E-state index contributed by atoms with van der Waals surface area (Å²) in [6.07, 6.45) is 0. The van der Waals surface area contributed by atoms with Gasteiger partial charge in [-0.15, -0.1) is 0 Å². The van der Waals surface area contributed by atoms with Gasteiger partial charge in [-0.25, -0.2) is 8.42 Å². The minimum absolute atomic E-state index is 0.0226. The molecular formula is C21H16ClNO4S. The summed E-state index contributed by atoms with van der Waals surface area (Å²) in [5.41, 5.74) is 1.08. The SMILES string of the molecule is CC(=O)c1ccc(S(=O)(=O)Nc2ccc(Cl)cc2C(=O)c2ccccc2)cc1. The van der Waals surface area contributed by atoms with Crippen LogP contribution < -0.4 is 4.72 Å². The molecule has 0 atom stereocenters. The van der Waals surface area contributed by atoms with E-state index in [1.807, 2.05) is 0 Å². The van der Waals surface area contributed by atoms with Gasteiger partial charge < -0.3 is 0 Å². The first kappa shape index (κ1) is 19.8. The minimum Gasteiger partial charge on any atom is -0.295 e. The lowest BCUT2D eigenvalue weighted by molar-refractivity contribution is 0.101. The molecule has 0 saturated carbocycles. The van der Waals surface area contributed by atoms with Crippen LogP contribution >= 0.6 is 11.6 Å². The fourth-order valence-corrected chi connectivity index (χ4v) is 3.86. The molecule has 142 valence electrons. The first-order chi connectivity index (χ1) is 13.3. The highest BCUT2D eigenvalue weighted by molar-refractivity contribution is 7.92. The molecule has 0 saturated heterocycles. The normalized spacial score (nSPS) is 11.1. The van der Waals surface area contributed by atoms with Crippen molar-refractivity contribution < 1.29 is 18.0 Å². The third kappa shape index (κ3) is 4.30. The summed E-state index contributed by atoms with van der Waals surface area (Å²) in [4.78, 5) is 24.2. The molecule has 0 heterocycles. The Morgan fingerprint density at radius 2 is 1.50 bits per heavy atom. The zero-order valence-corrected chi connectivity index (χ0v) is 16.4. The molecule has 28 heavy (non-hydrogen) atoms. The Morgan fingerprint density at radius 3 is 2.11 bits per heavy atom. The molecule has 0 aliphatic carbocycles. The largest absolute Gasteiger partial charge is 0.295 e. The van der Waals surface area contributed by atoms with Crippen molar-refractivity contribution in [2.24, 2.45) is 0 Å². The van der Waals surface area contributed by atoms with Crippen LogP contribution in [0.3, 0.4) is 0 Å². The summed E-state index contributed by atoms with van der Waals surface area (Å²) in [7, 11) is -3.96. The van der Waals surface area contributed by atoms with Crippen molar-refractivity contribution in [2.75, 3.05) is 4.72 Å². The third-order valence-corrected chi connectivity index (χ3v) is 5.69. The first-order valence-electron chi connectivity index (χ1n) is 8.31. The number of nitrogens with one attached hydrogen (secondary N) is 1. The number of halogens is 1. The minimum atomic E-state index is -3.96. The molecular weight excluding hydrogens is 398 g/mol. The molecule has 7 heteroatoms. The van der Waals surface area contributed by atoms with Gasteiger partial charge in [0.1, 0.15) is 0 Å². The highest BCUT2D eigenvalue weighted by Crippen LogP contribution is 2.26. The Labute approximate surface area is 168 Å².